The van der Waals surface area contributed by atoms with Gasteiger partial charge in [0.1, 0.15) is 11.5 Å². The Morgan fingerprint density at radius 3 is 2.74 bits per heavy atom. The van der Waals surface area contributed by atoms with Crippen molar-refractivity contribution in [2.45, 2.75) is 63.8 Å². The fraction of sp³-hybridized carbons (Fsp3) is 0.545. The summed E-state index contributed by atoms with van der Waals surface area (Å²) in [6.45, 7) is 0.835. The molecule has 5 rings (SSSR count). The Morgan fingerprint density at radius 1 is 1.04 bits per heavy atom. The summed E-state index contributed by atoms with van der Waals surface area (Å²) in [7, 11) is 0. The summed E-state index contributed by atoms with van der Waals surface area (Å²) in [6.07, 6.45) is 9.94. The molecule has 0 bridgehead atoms. The minimum atomic E-state index is -0.293. The smallest absolute Gasteiger partial charge is 0.274 e. The molecule has 2 unspecified atom stereocenters. The summed E-state index contributed by atoms with van der Waals surface area (Å²) >= 11 is 0. The van der Waals surface area contributed by atoms with E-state index in [0.29, 0.717) is 23.3 Å². The van der Waals surface area contributed by atoms with Crippen LogP contribution >= 0.6 is 0 Å². The zero-order chi connectivity index (χ0) is 18.4. The Balaban J connectivity index is 1.53. The molecule has 1 saturated carbocycles. The number of hydrogen-bond donors (Lipinski definition) is 0. The van der Waals surface area contributed by atoms with E-state index < -0.39 is 0 Å². The molecule has 2 aliphatic carbocycles. The van der Waals surface area contributed by atoms with Crippen LogP contribution in [0, 0.1) is 11.7 Å². The van der Waals surface area contributed by atoms with E-state index in [0.717, 1.165) is 49.9 Å². The van der Waals surface area contributed by atoms with Gasteiger partial charge < -0.3 is 4.90 Å². The van der Waals surface area contributed by atoms with E-state index in [1.165, 1.54) is 31.7 Å². The fourth-order valence-corrected chi connectivity index (χ4v) is 5.44. The largest absolute Gasteiger partial charge is 0.334 e. The maximum atomic E-state index is 14.4. The Kier molecular flexibility index (Phi) is 4.25. The van der Waals surface area contributed by atoms with Crippen molar-refractivity contribution in [2.24, 2.45) is 5.92 Å². The van der Waals surface area contributed by atoms with Gasteiger partial charge in [0.25, 0.3) is 5.91 Å². The number of carbonyl (C=O) groups excluding carboxylic acids is 1. The maximum absolute atomic E-state index is 14.4. The summed E-state index contributed by atoms with van der Waals surface area (Å²) in [5.41, 5.74) is 3.07. The van der Waals surface area contributed by atoms with E-state index in [9.17, 15) is 9.18 Å². The predicted octanol–water partition coefficient (Wildman–Crippen LogP) is 4.29. The van der Waals surface area contributed by atoms with Crippen LogP contribution in [0.3, 0.4) is 0 Å². The Labute approximate surface area is 159 Å². The van der Waals surface area contributed by atoms with Crippen molar-refractivity contribution < 1.29 is 9.18 Å². The first-order valence-corrected chi connectivity index (χ1v) is 10.4. The molecule has 0 spiro atoms. The van der Waals surface area contributed by atoms with Crippen molar-refractivity contribution in [2.75, 3.05) is 6.54 Å². The molecular formula is C22H26FN3O. The van der Waals surface area contributed by atoms with Crippen molar-refractivity contribution in [1.29, 1.82) is 0 Å². The first-order valence-electron chi connectivity index (χ1n) is 10.4. The van der Waals surface area contributed by atoms with E-state index in [1.807, 2.05) is 6.07 Å². The number of halogens is 1. The molecule has 1 aromatic carbocycles. The second-order valence-electron chi connectivity index (χ2n) is 8.24. The molecule has 1 amide bonds. The molecule has 2 heterocycles. The minimum Gasteiger partial charge on any atom is -0.334 e. The Morgan fingerprint density at radius 2 is 1.85 bits per heavy atom. The number of fused-ring (bicyclic) bond motifs is 2. The van der Waals surface area contributed by atoms with E-state index in [4.69, 9.17) is 0 Å². The maximum Gasteiger partial charge on any atom is 0.274 e. The van der Waals surface area contributed by atoms with Crippen LogP contribution in [0.1, 0.15) is 66.7 Å². The minimum absolute atomic E-state index is 0.0693. The van der Waals surface area contributed by atoms with Crippen LogP contribution in [0.2, 0.25) is 0 Å². The highest BCUT2D eigenvalue weighted by Crippen LogP contribution is 2.37. The van der Waals surface area contributed by atoms with Crippen molar-refractivity contribution >= 4 is 5.91 Å². The van der Waals surface area contributed by atoms with Crippen molar-refractivity contribution in [3.8, 4) is 5.69 Å². The number of carbonyl (C=O) groups is 1. The summed E-state index contributed by atoms with van der Waals surface area (Å²) in [5.74, 6) is 0.428. The molecule has 142 valence electrons. The van der Waals surface area contributed by atoms with Gasteiger partial charge in [0.15, 0.2) is 5.69 Å². The highest BCUT2D eigenvalue weighted by Gasteiger charge is 2.38. The van der Waals surface area contributed by atoms with Crippen LogP contribution in [0.15, 0.2) is 24.3 Å². The van der Waals surface area contributed by atoms with E-state index in [-0.39, 0.29) is 11.7 Å². The molecule has 3 aliphatic rings. The predicted molar refractivity (Wildman–Crippen MR) is 102 cm³/mol. The number of rotatable bonds is 2. The molecule has 4 nitrogen and oxygen atoms in total. The first-order chi connectivity index (χ1) is 13.2. The average molecular weight is 367 g/mol. The van der Waals surface area contributed by atoms with E-state index >= 15 is 0 Å². The van der Waals surface area contributed by atoms with Crippen LogP contribution in [-0.2, 0) is 12.8 Å². The monoisotopic (exact) mass is 367 g/mol. The van der Waals surface area contributed by atoms with Crippen LogP contribution in [0.25, 0.3) is 5.69 Å². The van der Waals surface area contributed by atoms with Crippen molar-refractivity contribution in [3.05, 3.63) is 47.0 Å². The van der Waals surface area contributed by atoms with Gasteiger partial charge in [-0.2, -0.15) is 5.10 Å². The first kappa shape index (κ1) is 17.0. The molecule has 2 fully saturated rings. The molecular weight excluding hydrogens is 341 g/mol. The second kappa shape index (κ2) is 6.77. The summed E-state index contributed by atoms with van der Waals surface area (Å²) in [4.78, 5) is 15.6. The Bertz CT molecular complexity index is 872. The van der Waals surface area contributed by atoms with Crippen LogP contribution in [0.4, 0.5) is 4.39 Å². The van der Waals surface area contributed by atoms with Crippen molar-refractivity contribution in [1.82, 2.24) is 14.7 Å². The average Bonchev–Trinajstić information content (AvgIpc) is 3.30. The van der Waals surface area contributed by atoms with Gasteiger partial charge in [-0.1, -0.05) is 25.0 Å². The zero-order valence-corrected chi connectivity index (χ0v) is 15.7. The van der Waals surface area contributed by atoms with Gasteiger partial charge in [0.05, 0.1) is 0 Å². The van der Waals surface area contributed by atoms with Gasteiger partial charge in [-0.05, 0) is 63.0 Å². The molecule has 0 radical (unpaired) electrons. The fourth-order valence-electron chi connectivity index (χ4n) is 5.44. The standard InChI is InChI=1S/C22H26FN3O/c23-17-10-2-4-12-20(17)26-19-13-5-9-16(19)21(24-26)22(27)25-14-6-8-15-7-1-3-11-18(15)25/h2,4,10,12,15,18H,1,3,5-9,11,13-14H2. The van der Waals surface area contributed by atoms with Gasteiger partial charge in [-0.25, -0.2) is 9.07 Å². The van der Waals surface area contributed by atoms with Gasteiger partial charge >= 0.3 is 0 Å². The van der Waals surface area contributed by atoms with Gasteiger partial charge in [0.2, 0.25) is 0 Å². The lowest BCUT2D eigenvalue weighted by molar-refractivity contribution is 0.0384. The van der Waals surface area contributed by atoms with Crippen molar-refractivity contribution in [3.63, 3.8) is 0 Å². The SMILES string of the molecule is O=C(c1nn(-c2ccccc2F)c2c1CCC2)N1CCCC2CCCCC21. The van der Waals surface area contributed by atoms with Crippen LogP contribution in [-0.4, -0.2) is 33.2 Å². The molecule has 1 saturated heterocycles. The third-order valence-corrected chi connectivity index (χ3v) is 6.72. The lowest BCUT2D eigenvalue weighted by Gasteiger charge is -2.44. The second-order valence-corrected chi connectivity index (χ2v) is 8.24. The van der Waals surface area contributed by atoms with Crippen LogP contribution in [0.5, 0.6) is 0 Å². The molecule has 2 atom stereocenters. The highest BCUT2D eigenvalue weighted by atomic mass is 19.1. The number of piperidine rings is 1. The summed E-state index contributed by atoms with van der Waals surface area (Å²) < 4.78 is 16.1. The number of hydrogen-bond acceptors (Lipinski definition) is 2. The molecule has 0 N–H and O–H groups in total. The Hall–Kier alpha value is -2.17. The number of aromatic nitrogens is 2. The highest BCUT2D eigenvalue weighted by molar-refractivity contribution is 5.94. The van der Waals surface area contributed by atoms with E-state index in [2.05, 4.69) is 10.00 Å². The van der Waals surface area contributed by atoms with Crippen LogP contribution < -0.4 is 0 Å². The number of para-hydroxylation sites is 1. The zero-order valence-electron chi connectivity index (χ0n) is 15.7. The van der Waals surface area contributed by atoms with Gasteiger partial charge in [0, 0.05) is 23.8 Å². The number of amides is 1. The lowest BCUT2D eigenvalue weighted by Crippen LogP contribution is -2.49. The van der Waals surface area contributed by atoms with Gasteiger partial charge in [-0.15, -0.1) is 0 Å². The summed E-state index contributed by atoms with van der Waals surface area (Å²) in [5, 5.41) is 4.66. The third kappa shape index (κ3) is 2.79. The van der Waals surface area contributed by atoms with Gasteiger partial charge in [-0.3, -0.25) is 4.79 Å². The lowest BCUT2D eigenvalue weighted by atomic mass is 9.78. The molecule has 2 aromatic rings. The molecule has 1 aromatic heterocycles. The molecule has 1 aliphatic heterocycles. The molecule has 5 heteroatoms. The molecule has 27 heavy (non-hydrogen) atoms. The quantitative estimate of drug-likeness (QED) is 0.794. The third-order valence-electron chi connectivity index (χ3n) is 6.72. The summed E-state index contributed by atoms with van der Waals surface area (Å²) in [6, 6.07) is 7.08. The number of likely N-dealkylation sites (tertiary alicyclic amines) is 1. The number of nitrogens with zero attached hydrogens (tertiary/aromatic N) is 3. The van der Waals surface area contributed by atoms with E-state index in [1.54, 1.807) is 16.8 Å². The number of benzene rings is 1. The topological polar surface area (TPSA) is 38.1 Å². The normalized spacial score (nSPS) is 24.6.